The smallest absolute Gasteiger partial charge is 0.123 e. The number of halogens is 1. The molecule has 152 valence electrons. The van der Waals surface area contributed by atoms with Gasteiger partial charge < -0.3 is 10.1 Å². The summed E-state index contributed by atoms with van der Waals surface area (Å²) in [6.07, 6.45) is 0. The maximum atomic E-state index is 13.2. The third kappa shape index (κ3) is 5.47. The second-order valence-electron chi connectivity index (χ2n) is 7.15. The van der Waals surface area contributed by atoms with Gasteiger partial charge in [0.1, 0.15) is 17.2 Å². The summed E-state index contributed by atoms with van der Waals surface area (Å²) in [5.74, 6) is -0.239. The zero-order valence-electron chi connectivity index (χ0n) is 16.4. The molecule has 29 heavy (non-hydrogen) atoms. The van der Waals surface area contributed by atoms with Crippen LogP contribution in [0, 0.1) is 5.82 Å². The number of rotatable bonds is 8. The van der Waals surface area contributed by atoms with Crippen molar-refractivity contribution in [3.05, 3.63) is 71.7 Å². The molecule has 1 N–H and O–H groups in total. The molecule has 0 atom stereocenters. The monoisotopic (exact) mass is 395 g/mol. The van der Waals surface area contributed by atoms with Crippen molar-refractivity contribution in [3.8, 4) is 11.3 Å². The van der Waals surface area contributed by atoms with Gasteiger partial charge in [0.05, 0.1) is 19.8 Å². The number of morpholine rings is 1. The van der Waals surface area contributed by atoms with Crippen molar-refractivity contribution in [2.45, 2.75) is 13.1 Å². The molecule has 4 rings (SSSR count). The highest BCUT2D eigenvalue weighted by molar-refractivity contribution is 5.60. The van der Waals surface area contributed by atoms with Gasteiger partial charge in [0.15, 0.2) is 0 Å². The molecule has 0 saturated carbocycles. The minimum absolute atomic E-state index is 0.239. The Morgan fingerprint density at radius 2 is 1.72 bits per heavy atom. The molecule has 0 radical (unpaired) electrons. The van der Waals surface area contributed by atoms with Crippen LogP contribution >= 0.6 is 0 Å². The van der Waals surface area contributed by atoms with E-state index in [0.29, 0.717) is 13.1 Å². The number of nitrogens with one attached hydrogen (secondary N) is 1. The predicted octanol–water partition coefficient (Wildman–Crippen LogP) is 2.55. The van der Waals surface area contributed by atoms with E-state index in [1.54, 1.807) is 16.9 Å². The lowest BCUT2D eigenvalue weighted by Crippen LogP contribution is -2.40. The van der Waals surface area contributed by atoms with E-state index in [-0.39, 0.29) is 5.82 Å². The van der Waals surface area contributed by atoms with E-state index < -0.39 is 0 Å². The van der Waals surface area contributed by atoms with Gasteiger partial charge in [-0.1, -0.05) is 42.5 Å². The molecule has 1 fully saturated rings. The highest BCUT2D eigenvalue weighted by atomic mass is 19.1. The molecule has 1 aliphatic rings. The van der Waals surface area contributed by atoms with Crippen LogP contribution in [0.2, 0.25) is 0 Å². The maximum absolute atomic E-state index is 13.2. The van der Waals surface area contributed by atoms with Gasteiger partial charge in [-0.2, -0.15) is 15.0 Å². The van der Waals surface area contributed by atoms with Crippen LogP contribution in [-0.2, 0) is 17.8 Å². The Bertz CT molecular complexity index is 891. The van der Waals surface area contributed by atoms with E-state index in [1.165, 1.54) is 12.1 Å². The SMILES string of the molecule is Fc1ccc(Cn2nc(CNCCN3CCOCC3)c(-c3ccccc3)n2)cc1. The van der Waals surface area contributed by atoms with Crippen molar-refractivity contribution in [2.75, 3.05) is 39.4 Å². The predicted molar refractivity (Wildman–Crippen MR) is 110 cm³/mol. The van der Waals surface area contributed by atoms with Gasteiger partial charge in [-0.15, -0.1) is 0 Å². The molecule has 0 amide bonds. The first-order valence-electron chi connectivity index (χ1n) is 10.0. The molecule has 0 spiro atoms. The van der Waals surface area contributed by atoms with Crippen LogP contribution in [-0.4, -0.2) is 59.3 Å². The van der Waals surface area contributed by atoms with E-state index in [0.717, 1.165) is 61.9 Å². The second-order valence-corrected chi connectivity index (χ2v) is 7.15. The summed E-state index contributed by atoms with van der Waals surface area (Å²) >= 11 is 0. The van der Waals surface area contributed by atoms with Crippen molar-refractivity contribution < 1.29 is 9.13 Å². The molecule has 3 aromatic rings. The molecule has 0 bridgehead atoms. The normalized spacial score (nSPS) is 14.9. The summed E-state index contributed by atoms with van der Waals surface area (Å²) in [5, 5.41) is 12.9. The number of benzene rings is 2. The lowest BCUT2D eigenvalue weighted by Gasteiger charge is -2.26. The summed E-state index contributed by atoms with van der Waals surface area (Å²) in [6, 6.07) is 16.5. The minimum atomic E-state index is -0.239. The molecule has 2 heterocycles. The Hall–Kier alpha value is -2.61. The van der Waals surface area contributed by atoms with Crippen LogP contribution in [0.3, 0.4) is 0 Å². The third-order valence-corrected chi connectivity index (χ3v) is 5.01. The van der Waals surface area contributed by atoms with Crippen LogP contribution in [0.25, 0.3) is 11.3 Å². The van der Waals surface area contributed by atoms with Crippen molar-refractivity contribution in [1.82, 2.24) is 25.2 Å². The zero-order chi connectivity index (χ0) is 19.9. The van der Waals surface area contributed by atoms with Crippen molar-refractivity contribution in [2.24, 2.45) is 0 Å². The molecule has 1 saturated heterocycles. The Labute approximate surface area is 170 Å². The average Bonchev–Trinajstić information content (AvgIpc) is 3.17. The number of aromatic nitrogens is 3. The first-order chi connectivity index (χ1) is 14.3. The fraction of sp³-hybridized carbons (Fsp3) is 0.364. The fourth-order valence-electron chi connectivity index (χ4n) is 3.41. The highest BCUT2D eigenvalue weighted by Gasteiger charge is 2.14. The summed E-state index contributed by atoms with van der Waals surface area (Å²) in [4.78, 5) is 4.09. The van der Waals surface area contributed by atoms with Gasteiger partial charge in [-0.3, -0.25) is 4.90 Å². The van der Waals surface area contributed by atoms with Gasteiger partial charge in [-0.25, -0.2) is 4.39 Å². The largest absolute Gasteiger partial charge is 0.379 e. The zero-order valence-corrected chi connectivity index (χ0v) is 16.4. The van der Waals surface area contributed by atoms with E-state index >= 15 is 0 Å². The van der Waals surface area contributed by atoms with Crippen LogP contribution in [0.4, 0.5) is 4.39 Å². The van der Waals surface area contributed by atoms with Crippen LogP contribution in [0.15, 0.2) is 54.6 Å². The van der Waals surface area contributed by atoms with Crippen LogP contribution < -0.4 is 5.32 Å². The van der Waals surface area contributed by atoms with E-state index in [9.17, 15) is 4.39 Å². The number of hydrogen-bond donors (Lipinski definition) is 1. The fourth-order valence-corrected chi connectivity index (χ4v) is 3.41. The van der Waals surface area contributed by atoms with E-state index in [2.05, 4.69) is 10.2 Å². The Morgan fingerprint density at radius 3 is 2.48 bits per heavy atom. The van der Waals surface area contributed by atoms with Gasteiger partial charge in [-0.05, 0) is 17.7 Å². The van der Waals surface area contributed by atoms with E-state index in [4.69, 9.17) is 14.9 Å². The molecule has 0 aliphatic carbocycles. The summed E-state index contributed by atoms with van der Waals surface area (Å²) in [7, 11) is 0. The van der Waals surface area contributed by atoms with E-state index in [1.807, 2.05) is 30.3 Å². The molecule has 1 aliphatic heterocycles. The van der Waals surface area contributed by atoms with Crippen LogP contribution in [0.1, 0.15) is 11.3 Å². The molecule has 6 nitrogen and oxygen atoms in total. The Kier molecular flexibility index (Phi) is 6.61. The summed E-state index contributed by atoms with van der Waals surface area (Å²) < 4.78 is 18.6. The first kappa shape index (κ1) is 19.7. The maximum Gasteiger partial charge on any atom is 0.123 e. The topological polar surface area (TPSA) is 55.2 Å². The molecule has 2 aromatic carbocycles. The average molecular weight is 395 g/mol. The molecular formula is C22H26FN5O. The lowest BCUT2D eigenvalue weighted by molar-refractivity contribution is 0.0384. The molecule has 0 unspecified atom stereocenters. The van der Waals surface area contributed by atoms with Crippen molar-refractivity contribution >= 4 is 0 Å². The lowest BCUT2D eigenvalue weighted by atomic mass is 10.1. The second kappa shape index (κ2) is 9.73. The summed E-state index contributed by atoms with van der Waals surface area (Å²) in [6.45, 7) is 6.65. The molecular weight excluding hydrogens is 369 g/mol. The first-order valence-corrected chi connectivity index (χ1v) is 10.0. The molecule has 7 heteroatoms. The Balaban J connectivity index is 1.43. The standard InChI is InChI=1S/C22H26FN5O/c23-20-8-6-18(7-9-20)17-28-25-21(22(26-28)19-4-2-1-3-5-19)16-24-10-11-27-12-14-29-15-13-27/h1-9,24H,10-17H2. The van der Waals surface area contributed by atoms with Crippen LogP contribution in [0.5, 0.6) is 0 Å². The van der Waals surface area contributed by atoms with Gasteiger partial charge in [0.2, 0.25) is 0 Å². The summed E-state index contributed by atoms with van der Waals surface area (Å²) in [5.41, 5.74) is 3.81. The van der Waals surface area contributed by atoms with Gasteiger partial charge >= 0.3 is 0 Å². The van der Waals surface area contributed by atoms with Crippen molar-refractivity contribution in [3.63, 3.8) is 0 Å². The quantitative estimate of drug-likeness (QED) is 0.594. The highest BCUT2D eigenvalue weighted by Crippen LogP contribution is 2.20. The number of hydrogen-bond acceptors (Lipinski definition) is 5. The van der Waals surface area contributed by atoms with Gasteiger partial charge in [0, 0.05) is 38.3 Å². The molecule has 1 aromatic heterocycles. The number of nitrogens with zero attached hydrogens (tertiary/aromatic N) is 4. The minimum Gasteiger partial charge on any atom is -0.379 e. The number of ether oxygens (including phenoxy) is 1. The third-order valence-electron chi connectivity index (χ3n) is 5.01. The van der Waals surface area contributed by atoms with Gasteiger partial charge in [0.25, 0.3) is 0 Å². The Morgan fingerprint density at radius 1 is 0.966 bits per heavy atom. The van der Waals surface area contributed by atoms with Crippen molar-refractivity contribution in [1.29, 1.82) is 0 Å².